The summed E-state index contributed by atoms with van der Waals surface area (Å²) in [5, 5.41) is 0. The Bertz CT molecular complexity index is 961. The van der Waals surface area contributed by atoms with E-state index in [1.807, 2.05) is 6.92 Å². The molecule has 0 bridgehead atoms. The van der Waals surface area contributed by atoms with Gasteiger partial charge in [-0.2, -0.15) is 0 Å². The topological polar surface area (TPSA) is 70.5 Å². The molecule has 0 aliphatic heterocycles. The van der Waals surface area contributed by atoms with Crippen LogP contribution in [0.2, 0.25) is 0 Å². The van der Waals surface area contributed by atoms with Gasteiger partial charge in [0.25, 0.3) is 0 Å². The van der Waals surface area contributed by atoms with Crippen LogP contribution in [-0.4, -0.2) is 23.0 Å². The molecule has 0 aliphatic rings. The minimum absolute atomic E-state index is 0.0999. The third kappa shape index (κ3) is 5.26. The van der Waals surface area contributed by atoms with E-state index in [0.29, 0.717) is 17.3 Å². The standard InChI is InChI=1S/C21H19FN2O4/c1-14-3-5-19(18(22)9-14)27-13-16-11-17(7-8-23-16)28-20-6-4-15(12-24-20)10-21(25)26-2/h3-9,11-12H,10,13H2,1-2H3. The highest BCUT2D eigenvalue weighted by Gasteiger charge is 2.07. The molecular formula is C21H19FN2O4. The highest BCUT2D eigenvalue weighted by molar-refractivity contribution is 5.72. The van der Waals surface area contributed by atoms with Crippen molar-refractivity contribution in [1.82, 2.24) is 9.97 Å². The van der Waals surface area contributed by atoms with Crippen LogP contribution in [0.3, 0.4) is 0 Å². The maximum Gasteiger partial charge on any atom is 0.310 e. The second-order valence-electron chi connectivity index (χ2n) is 6.07. The molecule has 6 nitrogen and oxygen atoms in total. The fourth-order valence-electron chi connectivity index (χ4n) is 2.41. The number of carbonyl (C=O) groups excluding carboxylic acids is 1. The molecule has 144 valence electrons. The highest BCUT2D eigenvalue weighted by atomic mass is 19.1. The molecule has 3 rings (SSSR count). The van der Waals surface area contributed by atoms with Crippen molar-refractivity contribution in [3.05, 3.63) is 77.5 Å². The summed E-state index contributed by atoms with van der Waals surface area (Å²) < 4.78 is 29.7. The Hall–Kier alpha value is -3.48. The first-order chi connectivity index (χ1) is 13.5. The van der Waals surface area contributed by atoms with Crippen molar-refractivity contribution in [2.24, 2.45) is 0 Å². The van der Waals surface area contributed by atoms with Crippen LogP contribution in [0, 0.1) is 12.7 Å². The Morgan fingerprint density at radius 1 is 1.11 bits per heavy atom. The number of nitrogens with zero attached hydrogens (tertiary/aromatic N) is 2. The average Bonchev–Trinajstić information content (AvgIpc) is 2.69. The SMILES string of the molecule is COC(=O)Cc1ccc(Oc2ccnc(COc3ccc(C)cc3F)c2)nc1. The van der Waals surface area contributed by atoms with Crippen molar-refractivity contribution in [1.29, 1.82) is 0 Å². The molecule has 0 unspecified atom stereocenters. The van der Waals surface area contributed by atoms with Crippen molar-refractivity contribution in [2.45, 2.75) is 20.0 Å². The van der Waals surface area contributed by atoms with E-state index in [0.717, 1.165) is 11.1 Å². The maximum absolute atomic E-state index is 13.8. The van der Waals surface area contributed by atoms with E-state index < -0.39 is 5.82 Å². The van der Waals surface area contributed by atoms with Crippen LogP contribution in [-0.2, 0) is 22.6 Å². The zero-order chi connectivity index (χ0) is 19.9. The van der Waals surface area contributed by atoms with Crippen molar-refractivity contribution in [3.63, 3.8) is 0 Å². The lowest BCUT2D eigenvalue weighted by atomic mass is 10.2. The quantitative estimate of drug-likeness (QED) is 0.575. The maximum atomic E-state index is 13.8. The van der Waals surface area contributed by atoms with Crippen LogP contribution in [0.5, 0.6) is 17.4 Å². The normalized spacial score (nSPS) is 10.4. The van der Waals surface area contributed by atoms with E-state index in [1.54, 1.807) is 48.8 Å². The van der Waals surface area contributed by atoms with Gasteiger partial charge in [0.1, 0.15) is 12.4 Å². The highest BCUT2D eigenvalue weighted by Crippen LogP contribution is 2.22. The molecule has 28 heavy (non-hydrogen) atoms. The second kappa shape index (κ2) is 8.94. The van der Waals surface area contributed by atoms with Gasteiger partial charge in [-0.15, -0.1) is 0 Å². The number of hydrogen-bond acceptors (Lipinski definition) is 6. The van der Waals surface area contributed by atoms with Gasteiger partial charge in [0.15, 0.2) is 11.6 Å². The van der Waals surface area contributed by atoms with Gasteiger partial charge >= 0.3 is 5.97 Å². The Morgan fingerprint density at radius 3 is 2.68 bits per heavy atom. The summed E-state index contributed by atoms with van der Waals surface area (Å²) in [7, 11) is 1.34. The number of halogens is 1. The number of rotatable bonds is 7. The molecule has 0 aliphatic carbocycles. The molecule has 0 radical (unpaired) electrons. The number of aromatic nitrogens is 2. The van der Waals surface area contributed by atoms with Gasteiger partial charge in [0, 0.05) is 24.5 Å². The number of methoxy groups -OCH3 is 1. The number of hydrogen-bond donors (Lipinski definition) is 0. The fourth-order valence-corrected chi connectivity index (χ4v) is 2.41. The van der Waals surface area contributed by atoms with Gasteiger partial charge in [0.2, 0.25) is 5.88 Å². The summed E-state index contributed by atoms with van der Waals surface area (Å²) in [4.78, 5) is 19.6. The van der Waals surface area contributed by atoms with E-state index in [2.05, 4.69) is 14.7 Å². The monoisotopic (exact) mass is 382 g/mol. The molecule has 0 fully saturated rings. The molecule has 0 spiro atoms. The molecule has 2 heterocycles. The zero-order valence-corrected chi connectivity index (χ0v) is 15.5. The predicted molar refractivity (Wildman–Crippen MR) is 99.7 cm³/mol. The number of ether oxygens (including phenoxy) is 3. The summed E-state index contributed by atoms with van der Waals surface area (Å²) in [6.45, 7) is 1.91. The number of pyridine rings is 2. The largest absolute Gasteiger partial charge is 0.484 e. The summed E-state index contributed by atoms with van der Waals surface area (Å²) >= 11 is 0. The Balaban J connectivity index is 1.62. The smallest absolute Gasteiger partial charge is 0.310 e. The van der Waals surface area contributed by atoms with Crippen molar-refractivity contribution < 1.29 is 23.4 Å². The number of carbonyl (C=O) groups is 1. The molecule has 0 saturated carbocycles. The predicted octanol–water partition coefficient (Wildman–Crippen LogP) is 4.01. The van der Waals surface area contributed by atoms with Gasteiger partial charge in [0.05, 0.1) is 19.2 Å². The van der Waals surface area contributed by atoms with E-state index in [1.165, 1.54) is 13.2 Å². The molecule has 1 aromatic carbocycles. The van der Waals surface area contributed by atoms with Crippen molar-refractivity contribution in [3.8, 4) is 17.4 Å². The minimum atomic E-state index is -0.413. The number of aryl methyl sites for hydroxylation is 1. The van der Waals surface area contributed by atoms with Gasteiger partial charge in [-0.1, -0.05) is 12.1 Å². The van der Waals surface area contributed by atoms with Gasteiger partial charge in [-0.05, 0) is 36.2 Å². The fraction of sp³-hybridized carbons (Fsp3) is 0.190. The third-order valence-corrected chi connectivity index (χ3v) is 3.85. The van der Waals surface area contributed by atoms with E-state index in [4.69, 9.17) is 9.47 Å². The number of esters is 1. The first kappa shape index (κ1) is 19.3. The van der Waals surface area contributed by atoms with Crippen LogP contribution in [0.4, 0.5) is 4.39 Å². The summed E-state index contributed by atoms with van der Waals surface area (Å²) in [6, 6.07) is 11.6. The molecule has 0 saturated heterocycles. The zero-order valence-electron chi connectivity index (χ0n) is 15.5. The third-order valence-electron chi connectivity index (χ3n) is 3.85. The van der Waals surface area contributed by atoms with Crippen LogP contribution < -0.4 is 9.47 Å². The Labute approximate surface area is 161 Å². The molecule has 2 aromatic heterocycles. The van der Waals surface area contributed by atoms with E-state index in [9.17, 15) is 9.18 Å². The van der Waals surface area contributed by atoms with Gasteiger partial charge < -0.3 is 14.2 Å². The lowest BCUT2D eigenvalue weighted by Gasteiger charge is -2.09. The minimum Gasteiger partial charge on any atom is -0.484 e. The molecule has 3 aromatic rings. The van der Waals surface area contributed by atoms with E-state index >= 15 is 0 Å². The molecule has 0 atom stereocenters. The average molecular weight is 382 g/mol. The van der Waals surface area contributed by atoms with Crippen LogP contribution in [0.15, 0.2) is 54.9 Å². The lowest BCUT2D eigenvalue weighted by molar-refractivity contribution is -0.139. The van der Waals surface area contributed by atoms with Gasteiger partial charge in [-0.25, -0.2) is 9.37 Å². The van der Waals surface area contributed by atoms with Crippen LogP contribution >= 0.6 is 0 Å². The van der Waals surface area contributed by atoms with Gasteiger partial charge in [-0.3, -0.25) is 9.78 Å². The lowest BCUT2D eigenvalue weighted by Crippen LogP contribution is -2.04. The first-order valence-electron chi connectivity index (χ1n) is 8.57. The molecular weight excluding hydrogens is 363 g/mol. The Morgan fingerprint density at radius 2 is 1.96 bits per heavy atom. The summed E-state index contributed by atoms with van der Waals surface area (Å²) in [6.07, 6.45) is 3.28. The number of benzene rings is 1. The second-order valence-corrected chi connectivity index (χ2v) is 6.07. The van der Waals surface area contributed by atoms with E-state index in [-0.39, 0.29) is 24.7 Å². The van der Waals surface area contributed by atoms with Crippen LogP contribution in [0.25, 0.3) is 0 Å². The Kier molecular flexibility index (Phi) is 6.16. The van der Waals surface area contributed by atoms with Crippen LogP contribution in [0.1, 0.15) is 16.8 Å². The van der Waals surface area contributed by atoms with Crippen molar-refractivity contribution >= 4 is 5.97 Å². The molecule has 7 heteroatoms. The summed E-state index contributed by atoms with van der Waals surface area (Å²) in [5.41, 5.74) is 2.13. The summed E-state index contributed by atoms with van der Waals surface area (Å²) in [5.74, 6) is 0.312. The van der Waals surface area contributed by atoms with Crippen molar-refractivity contribution in [2.75, 3.05) is 7.11 Å². The first-order valence-corrected chi connectivity index (χ1v) is 8.57. The molecule has 0 N–H and O–H groups in total. The molecule has 0 amide bonds.